The summed E-state index contributed by atoms with van der Waals surface area (Å²) in [5, 5.41) is 2.89. The van der Waals surface area contributed by atoms with Gasteiger partial charge in [-0.05, 0) is 49.3 Å². The highest BCUT2D eigenvalue weighted by Gasteiger charge is 2.46. The average molecular weight is 405 g/mol. The third-order valence-corrected chi connectivity index (χ3v) is 6.95. The van der Waals surface area contributed by atoms with E-state index in [1.807, 2.05) is 11.0 Å². The third-order valence-electron chi connectivity index (χ3n) is 6.95. The van der Waals surface area contributed by atoms with Gasteiger partial charge in [0, 0.05) is 26.1 Å². The van der Waals surface area contributed by atoms with Gasteiger partial charge >= 0.3 is 0 Å². The van der Waals surface area contributed by atoms with E-state index in [1.54, 1.807) is 7.05 Å². The molecule has 0 radical (unpaired) electrons. The molecule has 1 atom stereocenters. The predicted molar refractivity (Wildman–Crippen MR) is 120 cm³/mol. The van der Waals surface area contributed by atoms with Gasteiger partial charge in [0.25, 0.3) is 0 Å². The smallest absolute Gasteiger partial charge is 0.228 e. The molecular formula is C26H32N2O2. The molecule has 1 unspecified atom stereocenters. The van der Waals surface area contributed by atoms with Crippen molar-refractivity contribution in [3.63, 3.8) is 0 Å². The van der Waals surface area contributed by atoms with Crippen molar-refractivity contribution in [3.8, 4) is 11.1 Å². The van der Waals surface area contributed by atoms with Crippen molar-refractivity contribution in [1.82, 2.24) is 10.2 Å². The van der Waals surface area contributed by atoms with Gasteiger partial charge in [-0.1, -0.05) is 66.9 Å². The lowest BCUT2D eigenvalue weighted by Crippen LogP contribution is -2.44. The van der Waals surface area contributed by atoms with Gasteiger partial charge in [0.2, 0.25) is 11.8 Å². The van der Waals surface area contributed by atoms with Crippen LogP contribution in [0.1, 0.15) is 43.2 Å². The number of hydrogen-bond donors (Lipinski definition) is 1. The van der Waals surface area contributed by atoms with E-state index in [0.717, 1.165) is 25.7 Å². The number of likely N-dealkylation sites (tertiary alicyclic amines) is 1. The van der Waals surface area contributed by atoms with Crippen LogP contribution in [0.5, 0.6) is 0 Å². The largest absolute Gasteiger partial charge is 0.359 e. The van der Waals surface area contributed by atoms with Crippen LogP contribution in [0.4, 0.5) is 0 Å². The summed E-state index contributed by atoms with van der Waals surface area (Å²) < 4.78 is 0. The second kappa shape index (κ2) is 8.63. The molecule has 2 amide bonds. The molecule has 30 heavy (non-hydrogen) atoms. The summed E-state index contributed by atoms with van der Waals surface area (Å²) in [6, 6.07) is 16.9. The van der Waals surface area contributed by atoms with Crippen molar-refractivity contribution in [1.29, 1.82) is 0 Å². The Morgan fingerprint density at radius 1 is 1.10 bits per heavy atom. The molecule has 4 heteroatoms. The standard InChI is InChI=1S/C26H32N2O2/c1-19-8-7-12-21(16-19)23-13-6-5-11-22(23)17-26(25(30)27-2)14-15-28(18-26)24(29)20-9-3-4-10-20/h5-8,11-13,16,20H,3-4,9-10,14-15,17-18H2,1-2H3,(H,27,30). The second-order valence-electron chi connectivity index (χ2n) is 9.05. The van der Waals surface area contributed by atoms with Crippen LogP contribution in [0.15, 0.2) is 48.5 Å². The minimum atomic E-state index is -0.567. The molecular weight excluding hydrogens is 372 g/mol. The number of hydrogen-bond acceptors (Lipinski definition) is 2. The van der Waals surface area contributed by atoms with Gasteiger partial charge in [-0.3, -0.25) is 9.59 Å². The van der Waals surface area contributed by atoms with E-state index >= 15 is 0 Å². The number of nitrogens with zero attached hydrogens (tertiary/aromatic N) is 1. The zero-order valence-corrected chi connectivity index (χ0v) is 18.1. The first kappa shape index (κ1) is 20.6. The van der Waals surface area contributed by atoms with Crippen molar-refractivity contribution >= 4 is 11.8 Å². The molecule has 1 aliphatic carbocycles. The number of carbonyl (C=O) groups is 2. The van der Waals surface area contributed by atoms with Gasteiger partial charge in [-0.2, -0.15) is 0 Å². The van der Waals surface area contributed by atoms with Crippen LogP contribution in [-0.2, 0) is 16.0 Å². The molecule has 1 N–H and O–H groups in total. The van der Waals surface area contributed by atoms with Crippen LogP contribution in [0.2, 0.25) is 0 Å². The number of aryl methyl sites for hydroxylation is 1. The van der Waals surface area contributed by atoms with Crippen molar-refractivity contribution < 1.29 is 9.59 Å². The maximum Gasteiger partial charge on any atom is 0.228 e. The van der Waals surface area contributed by atoms with E-state index in [-0.39, 0.29) is 17.7 Å². The molecule has 2 aromatic rings. The van der Waals surface area contributed by atoms with Crippen molar-refractivity contribution in [2.45, 2.75) is 45.4 Å². The highest BCUT2D eigenvalue weighted by Crippen LogP contribution is 2.39. The lowest BCUT2D eigenvalue weighted by atomic mass is 9.78. The van der Waals surface area contributed by atoms with Crippen molar-refractivity contribution in [3.05, 3.63) is 59.7 Å². The summed E-state index contributed by atoms with van der Waals surface area (Å²) in [6.45, 7) is 3.29. The van der Waals surface area contributed by atoms with Crippen molar-refractivity contribution in [2.24, 2.45) is 11.3 Å². The van der Waals surface area contributed by atoms with E-state index in [4.69, 9.17) is 0 Å². The van der Waals surface area contributed by atoms with E-state index in [1.165, 1.54) is 22.3 Å². The maximum atomic E-state index is 13.1. The Hall–Kier alpha value is -2.62. The molecule has 4 nitrogen and oxygen atoms in total. The van der Waals surface area contributed by atoms with Gasteiger partial charge in [0.1, 0.15) is 0 Å². The van der Waals surface area contributed by atoms with Crippen LogP contribution in [0.3, 0.4) is 0 Å². The van der Waals surface area contributed by atoms with Gasteiger partial charge in [-0.25, -0.2) is 0 Å². The zero-order chi connectivity index (χ0) is 21.1. The Morgan fingerprint density at radius 3 is 2.60 bits per heavy atom. The lowest BCUT2D eigenvalue weighted by Gasteiger charge is -2.29. The van der Waals surface area contributed by atoms with Gasteiger partial charge < -0.3 is 10.2 Å². The molecule has 0 bridgehead atoms. The lowest BCUT2D eigenvalue weighted by molar-refractivity contribution is -0.136. The van der Waals surface area contributed by atoms with E-state index in [0.29, 0.717) is 25.9 Å². The van der Waals surface area contributed by atoms with Crippen molar-refractivity contribution in [2.75, 3.05) is 20.1 Å². The first-order chi connectivity index (χ1) is 14.5. The van der Waals surface area contributed by atoms with Crippen LogP contribution >= 0.6 is 0 Å². The molecule has 2 aliphatic rings. The number of nitrogens with one attached hydrogen (secondary N) is 1. The molecule has 1 saturated carbocycles. The molecule has 2 aromatic carbocycles. The molecule has 1 heterocycles. The summed E-state index contributed by atoms with van der Waals surface area (Å²) >= 11 is 0. The highest BCUT2D eigenvalue weighted by molar-refractivity contribution is 5.86. The van der Waals surface area contributed by atoms with E-state index in [2.05, 4.69) is 54.7 Å². The summed E-state index contributed by atoms with van der Waals surface area (Å²) in [6.07, 6.45) is 5.65. The fourth-order valence-corrected chi connectivity index (χ4v) is 5.30. The third kappa shape index (κ3) is 4.00. The Morgan fingerprint density at radius 2 is 1.87 bits per heavy atom. The molecule has 4 rings (SSSR count). The quantitative estimate of drug-likeness (QED) is 0.805. The predicted octanol–water partition coefficient (Wildman–Crippen LogP) is 4.36. The fourth-order valence-electron chi connectivity index (χ4n) is 5.30. The molecule has 0 spiro atoms. The number of benzene rings is 2. The Kier molecular flexibility index (Phi) is 5.94. The topological polar surface area (TPSA) is 49.4 Å². The van der Waals surface area contributed by atoms with Gasteiger partial charge in [0.15, 0.2) is 0 Å². The molecule has 2 fully saturated rings. The number of carbonyl (C=O) groups excluding carboxylic acids is 2. The van der Waals surface area contributed by atoms with E-state index < -0.39 is 5.41 Å². The second-order valence-corrected chi connectivity index (χ2v) is 9.05. The highest BCUT2D eigenvalue weighted by atomic mass is 16.2. The summed E-state index contributed by atoms with van der Waals surface area (Å²) in [4.78, 5) is 28.1. The van der Waals surface area contributed by atoms with E-state index in [9.17, 15) is 9.59 Å². The monoisotopic (exact) mass is 404 g/mol. The molecule has 1 aliphatic heterocycles. The zero-order valence-electron chi connectivity index (χ0n) is 18.1. The number of amides is 2. The molecule has 1 saturated heterocycles. The number of rotatable bonds is 5. The van der Waals surface area contributed by atoms with Crippen LogP contribution < -0.4 is 5.32 Å². The Balaban J connectivity index is 1.62. The first-order valence-corrected chi connectivity index (χ1v) is 11.2. The van der Waals surface area contributed by atoms with Crippen LogP contribution in [-0.4, -0.2) is 36.9 Å². The summed E-state index contributed by atoms with van der Waals surface area (Å²) in [5.74, 6) is 0.457. The minimum Gasteiger partial charge on any atom is -0.359 e. The summed E-state index contributed by atoms with van der Waals surface area (Å²) in [5.41, 5.74) is 4.17. The molecule has 158 valence electrons. The minimum absolute atomic E-state index is 0.0447. The molecule has 0 aromatic heterocycles. The average Bonchev–Trinajstić information content (AvgIpc) is 3.44. The van der Waals surface area contributed by atoms with Crippen LogP contribution in [0, 0.1) is 18.3 Å². The SMILES string of the molecule is CNC(=O)C1(Cc2ccccc2-c2cccc(C)c2)CCN(C(=O)C2CCCC2)C1. The van der Waals surface area contributed by atoms with Gasteiger partial charge in [-0.15, -0.1) is 0 Å². The van der Waals surface area contributed by atoms with Crippen LogP contribution in [0.25, 0.3) is 11.1 Å². The normalized spacial score (nSPS) is 21.7. The maximum absolute atomic E-state index is 13.1. The summed E-state index contributed by atoms with van der Waals surface area (Å²) in [7, 11) is 1.71. The fraction of sp³-hybridized carbons (Fsp3) is 0.462. The first-order valence-electron chi connectivity index (χ1n) is 11.2. The Bertz CT molecular complexity index is 932. The Labute approximate surface area is 179 Å². The van der Waals surface area contributed by atoms with Gasteiger partial charge in [0.05, 0.1) is 5.41 Å².